The van der Waals surface area contributed by atoms with Crippen molar-refractivity contribution in [1.29, 1.82) is 0 Å². The highest BCUT2D eigenvalue weighted by molar-refractivity contribution is 7.08. The lowest BCUT2D eigenvalue weighted by molar-refractivity contribution is 1.12. The summed E-state index contributed by atoms with van der Waals surface area (Å²) in [5.74, 6) is 0.823. The molecule has 2 heterocycles. The monoisotopic (exact) mass is 275 g/mol. The van der Waals surface area contributed by atoms with Crippen LogP contribution in [-0.4, -0.2) is 17.0 Å². The van der Waals surface area contributed by atoms with Crippen LogP contribution in [0.25, 0.3) is 10.9 Å². The van der Waals surface area contributed by atoms with Gasteiger partial charge in [0.2, 0.25) is 5.28 Å². The zero-order valence-corrected chi connectivity index (χ0v) is 11.2. The fourth-order valence-corrected chi connectivity index (χ4v) is 2.70. The van der Waals surface area contributed by atoms with Gasteiger partial charge in [0, 0.05) is 17.8 Å². The van der Waals surface area contributed by atoms with Gasteiger partial charge in [-0.3, -0.25) is 0 Å². The lowest BCUT2D eigenvalue weighted by atomic mass is 10.2. The predicted molar refractivity (Wildman–Crippen MR) is 76.9 cm³/mol. The number of hydrogen-bond donors (Lipinski definition) is 0. The van der Waals surface area contributed by atoms with E-state index in [1.165, 1.54) is 0 Å². The Morgan fingerprint density at radius 1 is 1.17 bits per heavy atom. The molecule has 3 nitrogen and oxygen atoms in total. The van der Waals surface area contributed by atoms with Gasteiger partial charge in [0.15, 0.2) is 0 Å². The van der Waals surface area contributed by atoms with E-state index in [4.69, 9.17) is 11.6 Å². The molecule has 3 rings (SSSR count). The summed E-state index contributed by atoms with van der Waals surface area (Å²) in [7, 11) is 1.98. The Labute approximate surface area is 114 Å². The molecule has 3 aromatic rings. The molecule has 0 spiro atoms. The third kappa shape index (κ3) is 1.94. The number of halogens is 1. The molecule has 0 radical (unpaired) electrons. The van der Waals surface area contributed by atoms with Gasteiger partial charge in [-0.15, -0.1) is 0 Å². The zero-order valence-electron chi connectivity index (χ0n) is 9.67. The summed E-state index contributed by atoms with van der Waals surface area (Å²) in [6.07, 6.45) is 0. The Balaban J connectivity index is 2.22. The average Bonchev–Trinajstić information content (AvgIpc) is 2.90. The number of para-hydroxylation sites is 1. The van der Waals surface area contributed by atoms with Gasteiger partial charge in [0.25, 0.3) is 0 Å². The number of anilines is 2. The minimum absolute atomic E-state index is 0.269. The number of aromatic nitrogens is 2. The Morgan fingerprint density at radius 2 is 2.00 bits per heavy atom. The van der Waals surface area contributed by atoms with Crippen molar-refractivity contribution < 1.29 is 0 Å². The Bertz CT molecular complexity index is 682. The molecule has 2 aromatic heterocycles. The van der Waals surface area contributed by atoms with Gasteiger partial charge in [0.05, 0.1) is 11.2 Å². The highest BCUT2D eigenvalue weighted by Crippen LogP contribution is 2.30. The van der Waals surface area contributed by atoms with Gasteiger partial charge in [-0.05, 0) is 35.2 Å². The van der Waals surface area contributed by atoms with Gasteiger partial charge in [-0.1, -0.05) is 12.1 Å². The molecule has 0 saturated carbocycles. The van der Waals surface area contributed by atoms with E-state index in [1.807, 2.05) is 41.6 Å². The molecule has 90 valence electrons. The van der Waals surface area contributed by atoms with E-state index >= 15 is 0 Å². The number of rotatable bonds is 2. The normalized spacial score (nSPS) is 10.8. The highest BCUT2D eigenvalue weighted by atomic mass is 35.5. The quantitative estimate of drug-likeness (QED) is 0.659. The number of benzene rings is 1. The van der Waals surface area contributed by atoms with Crippen molar-refractivity contribution in [3.05, 3.63) is 46.4 Å². The lowest BCUT2D eigenvalue weighted by Crippen LogP contribution is -2.11. The van der Waals surface area contributed by atoms with E-state index < -0.39 is 0 Å². The summed E-state index contributed by atoms with van der Waals surface area (Å²) in [6.45, 7) is 0. The maximum Gasteiger partial charge on any atom is 0.224 e. The first kappa shape index (κ1) is 11.4. The van der Waals surface area contributed by atoms with Crippen LogP contribution in [0.3, 0.4) is 0 Å². The minimum atomic E-state index is 0.269. The third-order valence-corrected chi connectivity index (χ3v) is 3.61. The molecule has 5 heteroatoms. The van der Waals surface area contributed by atoms with Gasteiger partial charge in [0.1, 0.15) is 5.82 Å². The summed E-state index contributed by atoms with van der Waals surface area (Å²) in [5.41, 5.74) is 1.95. The standard InChI is InChI=1S/C13H10ClN3S/c1-17(9-6-7-18-8-9)12-10-4-2-3-5-11(10)15-13(14)16-12/h2-8H,1H3. The summed E-state index contributed by atoms with van der Waals surface area (Å²) in [5, 5.41) is 5.38. The Hall–Kier alpha value is -1.65. The van der Waals surface area contributed by atoms with Crippen molar-refractivity contribution in [2.45, 2.75) is 0 Å². The number of hydrogen-bond acceptors (Lipinski definition) is 4. The van der Waals surface area contributed by atoms with Crippen LogP contribution in [0.2, 0.25) is 5.28 Å². The van der Waals surface area contributed by atoms with Crippen LogP contribution < -0.4 is 4.90 Å². The largest absolute Gasteiger partial charge is 0.328 e. The first-order valence-electron chi connectivity index (χ1n) is 5.44. The Kier molecular flexibility index (Phi) is 2.89. The van der Waals surface area contributed by atoms with Crippen LogP contribution in [0.4, 0.5) is 11.5 Å². The van der Waals surface area contributed by atoms with Gasteiger partial charge in [-0.25, -0.2) is 4.98 Å². The lowest BCUT2D eigenvalue weighted by Gasteiger charge is -2.18. The maximum atomic E-state index is 5.98. The highest BCUT2D eigenvalue weighted by Gasteiger charge is 2.12. The second kappa shape index (κ2) is 4.55. The van der Waals surface area contributed by atoms with Crippen molar-refractivity contribution in [2.75, 3.05) is 11.9 Å². The van der Waals surface area contributed by atoms with E-state index in [-0.39, 0.29) is 5.28 Å². The SMILES string of the molecule is CN(c1ccsc1)c1nc(Cl)nc2ccccc12. The fraction of sp³-hybridized carbons (Fsp3) is 0.0769. The number of thiophene rings is 1. The smallest absolute Gasteiger partial charge is 0.224 e. The first-order chi connectivity index (χ1) is 8.75. The van der Waals surface area contributed by atoms with Crippen LogP contribution in [0.5, 0.6) is 0 Å². The van der Waals surface area contributed by atoms with Crippen molar-refractivity contribution in [1.82, 2.24) is 9.97 Å². The van der Waals surface area contributed by atoms with Gasteiger partial charge in [-0.2, -0.15) is 16.3 Å². The molecule has 0 unspecified atom stereocenters. The molecule has 0 saturated heterocycles. The van der Waals surface area contributed by atoms with Crippen LogP contribution >= 0.6 is 22.9 Å². The average molecular weight is 276 g/mol. The van der Waals surface area contributed by atoms with Crippen LogP contribution in [0, 0.1) is 0 Å². The molecule has 0 bridgehead atoms. The molecule has 1 aromatic carbocycles. The molecule has 0 N–H and O–H groups in total. The molecule has 0 aliphatic rings. The van der Waals surface area contributed by atoms with E-state index in [0.717, 1.165) is 22.4 Å². The third-order valence-electron chi connectivity index (χ3n) is 2.77. The van der Waals surface area contributed by atoms with Crippen LogP contribution in [0.1, 0.15) is 0 Å². The van der Waals surface area contributed by atoms with Gasteiger partial charge < -0.3 is 4.90 Å². The maximum absolute atomic E-state index is 5.98. The summed E-state index contributed by atoms with van der Waals surface area (Å²) in [4.78, 5) is 10.6. The van der Waals surface area contributed by atoms with E-state index in [0.29, 0.717) is 0 Å². The van der Waals surface area contributed by atoms with E-state index in [2.05, 4.69) is 21.4 Å². The van der Waals surface area contributed by atoms with Crippen molar-refractivity contribution in [3.8, 4) is 0 Å². The zero-order chi connectivity index (χ0) is 12.5. The van der Waals surface area contributed by atoms with Gasteiger partial charge >= 0.3 is 0 Å². The molecular weight excluding hydrogens is 266 g/mol. The second-order valence-corrected chi connectivity index (χ2v) is 4.99. The molecule has 0 amide bonds. The Morgan fingerprint density at radius 3 is 2.78 bits per heavy atom. The topological polar surface area (TPSA) is 29.0 Å². The van der Waals surface area contributed by atoms with Crippen molar-refractivity contribution in [3.63, 3.8) is 0 Å². The summed E-state index contributed by atoms with van der Waals surface area (Å²) < 4.78 is 0. The molecule has 0 aliphatic carbocycles. The molecular formula is C13H10ClN3S. The second-order valence-electron chi connectivity index (χ2n) is 3.87. The molecule has 18 heavy (non-hydrogen) atoms. The minimum Gasteiger partial charge on any atom is -0.328 e. The number of nitrogens with zero attached hydrogens (tertiary/aromatic N) is 3. The van der Waals surface area contributed by atoms with Crippen LogP contribution in [-0.2, 0) is 0 Å². The first-order valence-corrected chi connectivity index (χ1v) is 6.76. The fourth-order valence-electron chi connectivity index (χ4n) is 1.86. The van der Waals surface area contributed by atoms with E-state index in [9.17, 15) is 0 Å². The number of fused-ring (bicyclic) bond motifs is 1. The van der Waals surface area contributed by atoms with E-state index in [1.54, 1.807) is 11.3 Å². The molecule has 0 aliphatic heterocycles. The molecule has 0 atom stereocenters. The van der Waals surface area contributed by atoms with Crippen molar-refractivity contribution in [2.24, 2.45) is 0 Å². The van der Waals surface area contributed by atoms with Crippen molar-refractivity contribution >= 4 is 45.3 Å². The summed E-state index contributed by atoms with van der Waals surface area (Å²) in [6, 6.07) is 9.91. The summed E-state index contributed by atoms with van der Waals surface area (Å²) >= 11 is 7.64. The molecule has 0 fully saturated rings. The van der Waals surface area contributed by atoms with Crippen LogP contribution in [0.15, 0.2) is 41.1 Å². The predicted octanol–water partition coefficient (Wildman–Crippen LogP) is 4.11.